The van der Waals surface area contributed by atoms with Crippen LogP contribution in [0.2, 0.25) is 0 Å². The van der Waals surface area contributed by atoms with E-state index in [9.17, 15) is 21.6 Å². The van der Waals surface area contributed by atoms with Crippen LogP contribution < -0.4 is 13.8 Å². The number of carbonyl (C=O) groups is 1. The lowest BCUT2D eigenvalue weighted by atomic mass is 10.2. The molecule has 4 rings (SSSR count). The molecule has 0 aliphatic carbocycles. The number of nitrogens with one attached hydrogen (secondary N) is 1. The molecule has 0 radical (unpaired) electrons. The van der Waals surface area contributed by atoms with Crippen LogP contribution in [0.1, 0.15) is 12.0 Å². The van der Waals surface area contributed by atoms with E-state index in [4.69, 9.17) is 4.74 Å². The van der Waals surface area contributed by atoms with Crippen LogP contribution in [0.3, 0.4) is 0 Å². The van der Waals surface area contributed by atoms with E-state index in [-0.39, 0.29) is 27.9 Å². The lowest BCUT2D eigenvalue weighted by Gasteiger charge is -2.17. The molecule has 1 N–H and O–H groups in total. The first kappa shape index (κ1) is 20.6. The molecule has 3 aromatic rings. The third-order valence-electron chi connectivity index (χ3n) is 4.58. The van der Waals surface area contributed by atoms with Gasteiger partial charge in [-0.2, -0.15) is 0 Å². The molecule has 30 heavy (non-hydrogen) atoms. The number of ether oxygens (including phenoxy) is 1. The molecule has 9 nitrogen and oxygen atoms in total. The Balaban J connectivity index is 1.65. The third-order valence-corrected chi connectivity index (χ3v) is 8.83. The van der Waals surface area contributed by atoms with Gasteiger partial charge in [-0.15, -0.1) is 0 Å². The van der Waals surface area contributed by atoms with E-state index in [0.29, 0.717) is 16.8 Å². The number of benzene rings is 2. The average Bonchev–Trinajstić information content (AvgIpc) is 3.18. The van der Waals surface area contributed by atoms with E-state index < -0.39 is 26.0 Å². The molecule has 0 spiro atoms. The molecule has 12 heteroatoms. The van der Waals surface area contributed by atoms with Crippen molar-refractivity contribution in [2.24, 2.45) is 0 Å². The summed E-state index contributed by atoms with van der Waals surface area (Å²) in [6.45, 7) is 1.54. The molecule has 1 aliphatic heterocycles. The molecule has 158 valence electrons. The Bertz CT molecular complexity index is 1380. The maximum Gasteiger partial charge on any atom is 0.263 e. The molecule has 1 aromatic heterocycles. The minimum absolute atomic E-state index is 0.0351. The minimum Gasteiger partial charge on any atom is -0.497 e. The van der Waals surface area contributed by atoms with E-state index in [1.54, 1.807) is 25.3 Å². The van der Waals surface area contributed by atoms with Gasteiger partial charge < -0.3 is 4.74 Å². The van der Waals surface area contributed by atoms with Crippen molar-refractivity contribution in [2.75, 3.05) is 21.9 Å². The Hall–Kier alpha value is -2.70. The molecule has 0 atom stereocenters. The van der Waals surface area contributed by atoms with Gasteiger partial charge in [0.1, 0.15) is 5.75 Å². The van der Waals surface area contributed by atoms with Crippen molar-refractivity contribution in [3.05, 3.63) is 42.0 Å². The molecule has 0 saturated carbocycles. The molecule has 1 aliphatic rings. The highest BCUT2D eigenvalue weighted by Crippen LogP contribution is 2.32. The number of carbonyl (C=O) groups excluding carboxylic acids is 1. The lowest BCUT2D eigenvalue weighted by molar-refractivity contribution is -0.116. The van der Waals surface area contributed by atoms with Crippen molar-refractivity contribution in [1.29, 1.82) is 0 Å². The van der Waals surface area contributed by atoms with Gasteiger partial charge in [-0.3, -0.25) is 9.52 Å². The van der Waals surface area contributed by atoms with Crippen molar-refractivity contribution in [1.82, 2.24) is 4.98 Å². The summed E-state index contributed by atoms with van der Waals surface area (Å²) in [5.74, 6) is -0.152. The second-order valence-electron chi connectivity index (χ2n) is 6.63. The summed E-state index contributed by atoms with van der Waals surface area (Å²) < 4.78 is 59.1. The summed E-state index contributed by atoms with van der Waals surface area (Å²) in [5.41, 5.74) is 1.06. The number of rotatable bonds is 5. The fourth-order valence-corrected chi connectivity index (χ4v) is 6.98. The van der Waals surface area contributed by atoms with Crippen molar-refractivity contribution in [2.45, 2.75) is 18.2 Å². The Morgan fingerprint density at radius 2 is 1.97 bits per heavy atom. The van der Waals surface area contributed by atoms with Gasteiger partial charge in [0.25, 0.3) is 10.0 Å². The molecular formula is C18H17N3O6S3. The standard InChI is InChI=1S/C18H17N3O6S3/c1-11-9-12(21-17(22)7-8-29(21,23)24)3-6-16(11)30(25,26)20-18-19-14-5-4-13(27-2)10-15(14)28-18/h3-6,9-10H,7-8H2,1-2H3,(H,19,20). The number of sulfonamides is 2. The van der Waals surface area contributed by atoms with Crippen molar-refractivity contribution in [3.63, 3.8) is 0 Å². The summed E-state index contributed by atoms with van der Waals surface area (Å²) >= 11 is 1.16. The highest BCUT2D eigenvalue weighted by molar-refractivity contribution is 7.94. The second kappa shape index (κ2) is 7.22. The predicted octanol–water partition coefficient (Wildman–Crippen LogP) is 2.48. The van der Waals surface area contributed by atoms with Crippen LogP contribution in [0.4, 0.5) is 10.8 Å². The van der Waals surface area contributed by atoms with Crippen molar-refractivity contribution < 1.29 is 26.4 Å². The topological polar surface area (TPSA) is 123 Å². The van der Waals surface area contributed by atoms with E-state index in [2.05, 4.69) is 9.71 Å². The Labute approximate surface area is 177 Å². The quantitative estimate of drug-likeness (QED) is 0.611. The van der Waals surface area contributed by atoms with Gasteiger partial charge >= 0.3 is 0 Å². The van der Waals surface area contributed by atoms with E-state index >= 15 is 0 Å². The lowest BCUT2D eigenvalue weighted by Crippen LogP contribution is -2.29. The van der Waals surface area contributed by atoms with Crippen LogP contribution in [0, 0.1) is 6.92 Å². The van der Waals surface area contributed by atoms with Crippen molar-refractivity contribution in [3.8, 4) is 5.75 Å². The van der Waals surface area contributed by atoms with Gasteiger partial charge in [-0.1, -0.05) is 11.3 Å². The summed E-state index contributed by atoms with van der Waals surface area (Å²) in [4.78, 5) is 16.2. The molecular weight excluding hydrogens is 450 g/mol. The normalized spacial score (nSPS) is 16.2. The monoisotopic (exact) mass is 467 g/mol. The predicted molar refractivity (Wildman–Crippen MR) is 114 cm³/mol. The number of aryl methyl sites for hydroxylation is 1. The SMILES string of the molecule is COc1ccc2nc(NS(=O)(=O)c3ccc(N4C(=O)CCS4(=O)=O)cc3C)sc2c1. The van der Waals surface area contributed by atoms with Crippen LogP contribution in [-0.4, -0.2) is 40.6 Å². The Kier molecular flexibility index (Phi) is 4.95. The van der Waals surface area contributed by atoms with Crippen LogP contribution in [0.5, 0.6) is 5.75 Å². The summed E-state index contributed by atoms with van der Waals surface area (Å²) in [5, 5.41) is 0.194. The number of amides is 1. The highest BCUT2D eigenvalue weighted by atomic mass is 32.2. The number of thiazole rings is 1. The number of methoxy groups -OCH3 is 1. The molecule has 0 bridgehead atoms. The molecule has 1 amide bonds. The van der Waals surface area contributed by atoms with Gasteiger partial charge in [0.2, 0.25) is 15.9 Å². The second-order valence-corrected chi connectivity index (χ2v) is 11.3. The molecule has 2 aromatic carbocycles. The summed E-state index contributed by atoms with van der Waals surface area (Å²) in [7, 11) is -6.16. The van der Waals surface area contributed by atoms with Crippen LogP contribution in [0.15, 0.2) is 41.3 Å². The molecule has 2 heterocycles. The van der Waals surface area contributed by atoms with Crippen LogP contribution in [-0.2, 0) is 24.8 Å². The first-order valence-electron chi connectivity index (χ1n) is 8.74. The zero-order chi connectivity index (χ0) is 21.7. The first-order chi connectivity index (χ1) is 14.1. The highest BCUT2D eigenvalue weighted by Gasteiger charge is 2.36. The largest absolute Gasteiger partial charge is 0.497 e. The van der Waals surface area contributed by atoms with Gasteiger partial charge in [-0.25, -0.2) is 26.1 Å². The van der Waals surface area contributed by atoms with Crippen LogP contribution in [0.25, 0.3) is 10.2 Å². The number of anilines is 2. The van der Waals surface area contributed by atoms with E-state index in [1.807, 2.05) is 0 Å². The zero-order valence-electron chi connectivity index (χ0n) is 15.9. The maximum atomic E-state index is 12.9. The number of hydrogen-bond donors (Lipinski definition) is 1. The van der Waals surface area contributed by atoms with Crippen molar-refractivity contribution >= 4 is 58.3 Å². The van der Waals surface area contributed by atoms with Gasteiger partial charge in [-0.05, 0) is 48.9 Å². The third kappa shape index (κ3) is 3.61. The van der Waals surface area contributed by atoms with E-state index in [0.717, 1.165) is 20.3 Å². The first-order valence-corrected chi connectivity index (χ1v) is 12.7. The molecule has 1 fully saturated rings. The van der Waals surface area contributed by atoms with Crippen LogP contribution >= 0.6 is 11.3 Å². The zero-order valence-corrected chi connectivity index (χ0v) is 18.4. The Morgan fingerprint density at radius 1 is 1.20 bits per heavy atom. The fourth-order valence-electron chi connectivity index (χ4n) is 3.18. The molecule has 0 unspecified atom stereocenters. The number of aromatic nitrogens is 1. The van der Waals surface area contributed by atoms with Gasteiger partial charge in [0.15, 0.2) is 5.13 Å². The molecule has 1 saturated heterocycles. The average molecular weight is 468 g/mol. The maximum absolute atomic E-state index is 12.9. The number of nitrogens with zero attached hydrogens (tertiary/aromatic N) is 2. The van der Waals surface area contributed by atoms with E-state index in [1.165, 1.54) is 25.1 Å². The smallest absolute Gasteiger partial charge is 0.263 e. The minimum atomic E-state index is -3.98. The fraction of sp³-hybridized carbons (Fsp3) is 0.222. The van der Waals surface area contributed by atoms with Gasteiger partial charge in [0.05, 0.1) is 33.7 Å². The Morgan fingerprint density at radius 3 is 2.60 bits per heavy atom. The number of hydrogen-bond acceptors (Lipinski definition) is 8. The van der Waals surface area contributed by atoms with Gasteiger partial charge in [0, 0.05) is 6.42 Å². The number of fused-ring (bicyclic) bond motifs is 1. The summed E-state index contributed by atoms with van der Waals surface area (Å²) in [6, 6.07) is 9.19. The summed E-state index contributed by atoms with van der Waals surface area (Å²) in [6.07, 6.45) is -0.0919.